The Morgan fingerprint density at radius 2 is 0.880 bits per heavy atom. The Hall–Kier alpha value is 0.0700. The van der Waals surface area contributed by atoms with E-state index in [1.165, 1.54) is 96.4 Å². The minimum atomic E-state index is -5.39. The van der Waals surface area contributed by atoms with E-state index >= 15 is 0 Å². The molecule has 0 atom stereocenters. The molecule has 0 aliphatic rings. The molecule has 25 heavy (non-hydrogen) atoms. The summed E-state index contributed by atoms with van der Waals surface area (Å²) in [4.78, 5) is 25.6. The molecular formula is C19H44NO4P. The Labute approximate surface area is 159 Å². The number of hydrogen-bond donors (Lipinski definition) is 0. The van der Waals surface area contributed by atoms with Crippen LogP contribution in [-0.2, 0) is 4.57 Å². The molecule has 0 rings (SSSR count). The standard InChI is InChI=1S/C19H42N.H3O4P/c1-5-6-7-8-9-10-11-12-13-14-15-16-17-18-19-20(2,3)4;1-5(2,3)4/h5-19H2,1-4H3;(H3,1,2,3,4)/q+1;/p-1. The van der Waals surface area contributed by atoms with Gasteiger partial charge in [0.15, 0.2) is 0 Å². The summed E-state index contributed by atoms with van der Waals surface area (Å²) in [6.07, 6.45) is 20.4. The highest BCUT2D eigenvalue weighted by atomic mass is 31.2. The SMILES string of the molecule is CCCCCCCCCCCCCCCC[N+](C)(C)C.O=P([O-])([O-])[O-].[H+].[H+]. The molecule has 0 bridgehead atoms. The second-order valence-corrected chi connectivity index (χ2v) is 8.95. The van der Waals surface area contributed by atoms with Crippen LogP contribution in [0.15, 0.2) is 0 Å². The molecule has 0 aliphatic carbocycles. The number of hydrogen-bond acceptors (Lipinski definition) is 4. The summed E-state index contributed by atoms with van der Waals surface area (Å²) in [6.45, 7) is 3.63. The third kappa shape index (κ3) is 40.2. The van der Waals surface area contributed by atoms with E-state index in [1.807, 2.05) is 0 Å². The molecule has 0 N–H and O–H groups in total. The summed E-state index contributed by atoms with van der Waals surface area (Å²) in [5.74, 6) is 0. The number of unbranched alkanes of at least 4 members (excludes halogenated alkanes) is 13. The molecule has 6 heteroatoms. The summed E-state index contributed by atoms with van der Waals surface area (Å²) < 4.78 is 9.67. The van der Waals surface area contributed by atoms with Crippen LogP contribution in [0.25, 0.3) is 0 Å². The quantitative estimate of drug-likeness (QED) is 0.246. The Balaban J connectivity index is -0.000000333. The molecule has 0 aromatic rings. The van der Waals surface area contributed by atoms with E-state index in [4.69, 9.17) is 19.2 Å². The van der Waals surface area contributed by atoms with Gasteiger partial charge in [-0.05, 0) is 12.8 Å². The molecule has 0 aromatic heterocycles. The van der Waals surface area contributed by atoms with Gasteiger partial charge in [-0.3, -0.25) is 0 Å². The lowest BCUT2D eigenvalue weighted by atomic mass is 10.0. The molecule has 0 saturated carbocycles. The van der Waals surface area contributed by atoms with E-state index in [-0.39, 0.29) is 2.85 Å². The van der Waals surface area contributed by atoms with E-state index in [1.54, 1.807) is 0 Å². The van der Waals surface area contributed by atoms with Gasteiger partial charge in [-0.25, -0.2) is 0 Å². The van der Waals surface area contributed by atoms with Crippen molar-refractivity contribution >= 4 is 7.82 Å². The number of nitrogens with zero attached hydrogens (tertiary/aromatic N) is 1. The molecule has 0 radical (unpaired) electrons. The van der Waals surface area contributed by atoms with Crippen LogP contribution in [0.4, 0.5) is 0 Å². The van der Waals surface area contributed by atoms with Gasteiger partial charge in [-0.1, -0.05) is 84.0 Å². The third-order valence-electron chi connectivity index (χ3n) is 4.18. The van der Waals surface area contributed by atoms with E-state index < -0.39 is 7.82 Å². The van der Waals surface area contributed by atoms with E-state index in [9.17, 15) is 0 Å². The minimum Gasteiger partial charge on any atom is -0.822 e. The summed E-state index contributed by atoms with van der Waals surface area (Å²) >= 11 is 0. The minimum absolute atomic E-state index is 0. The van der Waals surface area contributed by atoms with Crippen LogP contribution in [0.2, 0.25) is 0 Å². The van der Waals surface area contributed by atoms with Crippen molar-refractivity contribution in [3.05, 3.63) is 0 Å². The van der Waals surface area contributed by atoms with Crippen molar-refractivity contribution in [3.63, 3.8) is 0 Å². The summed E-state index contributed by atoms with van der Waals surface area (Å²) in [5.41, 5.74) is 0. The van der Waals surface area contributed by atoms with Crippen LogP contribution in [0.3, 0.4) is 0 Å². The first kappa shape index (κ1) is 27.3. The molecular weight excluding hydrogens is 337 g/mol. The zero-order valence-corrected chi connectivity index (χ0v) is 18.0. The molecule has 5 nitrogen and oxygen atoms in total. The lowest BCUT2D eigenvalue weighted by Crippen LogP contribution is -2.35. The van der Waals surface area contributed by atoms with Crippen molar-refractivity contribution in [2.24, 2.45) is 0 Å². The van der Waals surface area contributed by atoms with Crippen molar-refractivity contribution in [1.82, 2.24) is 0 Å². The van der Waals surface area contributed by atoms with Crippen molar-refractivity contribution in [1.29, 1.82) is 0 Å². The highest BCUT2D eigenvalue weighted by Crippen LogP contribution is 2.13. The van der Waals surface area contributed by atoms with Gasteiger partial charge >= 0.3 is 2.85 Å². The van der Waals surface area contributed by atoms with Crippen LogP contribution in [0.1, 0.15) is 99.7 Å². The Morgan fingerprint density at radius 3 is 1.12 bits per heavy atom. The largest absolute Gasteiger partial charge is 1.00 e. The first-order valence-electron chi connectivity index (χ1n) is 10.1. The molecule has 0 heterocycles. The number of phosphoric acid groups is 1. The Kier molecular flexibility index (Phi) is 19.1. The van der Waals surface area contributed by atoms with E-state index in [2.05, 4.69) is 28.1 Å². The normalized spacial score (nSPS) is 12.0. The van der Waals surface area contributed by atoms with Crippen LogP contribution in [-0.4, -0.2) is 32.2 Å². The van der Waals surface area contributed by atoms with E-state index in [0.717, 1.165) is 4.48 Å². The third-order valence-corrected chi connectivity index (χ3v) is 4.18. The zero-order valence-electron chi connectivity index (χ0n) is 19.1. The zero-order chi connectivity index (χ0) is 19.6. The smallest absolute Gasteiger partial charge is 0.822 e. The van der Waals surface area contributed by atoms with E-state index in [0.29, 0.717) is 0 Å². The van der Waals surface area contributed by atoms with Gasteiger partial charge in [0.05, 0.1) is 27.7 Å². The molecule has 0 aliphatic heterocycles. The first-order valence-corrected chi connectivity index (χ1v) is 11.6. The fourth-order valence-electron chi connectivity index (χ4n) is 2.78. The van der Waals surface area contributed by atoms with Crippen molar-refractivity contribution in [2.45, 2.75) is 96.8 Å². The van der Waals surface area contributed by atoms with Gasteiger partial charge in [0.2, 0.25) is 0 Å². The molecule has 0 amide bonds. The van der Waals surface area contributed by atoms with Gasteiger partial charge in [0.1, 0.15) is 0 Å². The number of rotatable bonds is 15. The molecule has 0 spiro atoms. The molecule has 154 valence electrons. The second kappa shape index (κ2) is 17.5. The monoisotopic (exact) mass is 381 g/mol. The average Bonchev–Trinajstić information content (AvgIpc) is 2.45. The predicted molar refractivity (Wildman–Crippen MR) is 103 cm³/mol. The van der Waals surface area contributed by atoms with Crippen LogP contribution in [0.5, 0.6) is 0 Å². The fourth-order valence-corrected chi connectivity index (χ4v) is 2.78. The van der Waals surface area contributed by atoms with Crippen molar-refractivity contribution in [3.8, 4) is 0 Å². The lowest BCUT2D eigenvalue weighted by molar-refractivity contribution is -0.870. The molecule has 0 aromatic carbocycles. The number of quaternary nitrogens is 1. The lowest BCUT2D eigenvalue weighted by Gasteiger charge is -2.36. The highest BCUT2D eigenvalue weighted by molar-refractivity contribution is 7.40. The van der Waals surface area contributed by atoms with Gasteiger partial charge in [-0.15, -0.1) is 0 Å². The van der Waals surface area contributed by atoms with Crippen LogP contribution >= 0.6 is 7.82 Å². The highest BCUT2D eigenvalue weighted by Gasteiger charge is 2.04. The second-order valence-electron chi connectivity index (χ2n) is 8.06. The summed E-state index contributed by atoms with van der Waals surface area (Å²) in [7, 11) is 1.49. The van der Waals surface area contributed by atoms with Gasteiger partial charge in [0.25, 0.3) is 0 Å². The Bertz CT molecular complexity index is 315. The maximum Gasteiger partial charge on any atom is 1.00 e. The van der Waals surface area contributed by atoms with Crippen LogP contribution < -0.4 is 14.7 Å². The maximum absolute atomic E-state index is 8.55. The van der Waals surface area contributed by atoms with Crippen LogP contribution in [0, 0.1) is 0 Å². The molecule has 0 fully saturated rings. The van der Waals surface area contributed by atoms with Gasteiger partial charge in [-0.2, -0.15) is 7.82 Å². The topological polar surface area (TPSA) is 86.2 Å². The summed E-state index contributed by atoms with van der Waals surface area (Å²) in [6, 6.07) is 0. The Morgan fingerprint density at radius 1 is 0.640 bits per heavy atom. The molecule has 0 saturated heterocycles. The first-order chi connectivity index (χ1) is 11.6. The van der Waals surface area contributed by atoms with Crippen molar-refractivity contribution < 1.29 is 26.6 Å². The maximum atomic E-state index is 8.55. The fraction of sp³-hybridized carbons (Fsp3) is 1.00. The average molecular weight is 382 g/mol. The summed E-state index contributed by atoms with van der Waals surface area (Å²) in [5, 5.41) is 0. The van der Waals surface area contributed by atoms with Gasteiger partial charge in [0, 0.05) is 0 Å². The van der Waals surface area contributed by atoms with Gasteiger partial charge < -0.3 is 23.7 Å². The predicted octanol–water partition coefficient (Wildman–Crippen LogP) is 3.57. The molecule has 0 unspecified atom stereocenters. The van der Waals surface area contributed by atoms with Crippen molar-refractivity contribution in [2.75, 3.05) is 27.7 Å².